The van der Waals surface area contributed by atoms with E-state index in [-0.39, 0.29) is 11.4 Å². The number of carbonyl (C=O) groups excluding carboxylic acids is 2. The summed E-state index contributed by atoms with van der Waals surface area (Å²) in [6, 6.07) is 11.2. The maximum Gasteiger partial charge on any atom is 0.313 e. The molecule has 0 spiro atoms. The van der Waals surface area contributed by atoms with Crippen LogP contribution in [0.15, 0.2) is 47.4 Å². The number of amides is 2. The van der Waals surface area contributed by atoms with Gasteiger partial charge in [-0.2, -0.15) is 0 Å². The lowest BCUT2D eigenvalue weighted by atomic mass is 10.1. The first-order valence-corrected chi connectivity index (χ1v) is 8.99. The van der Waals surface area contributed by atoms with Crippen molar-refractivity contribution < 1.29 is 18.0 Å². The molecule has 132 valence electrons. The standard InChI is InChI=1S/C17H19N3O4S/c1-11-3-8-15(12(2)9-11)20-17(22)16(21)19-10-13-4-6-14(7-5-13)25(18,23)24/h3-9H,10H2,1-2H3,(H,19,21)(H,20,22)(H2,18,23,24). The molecule has 25 heavy (non-hydrogen) atoms. The van der Waals surface area contributed by atoms with E-state index >= 15 is 0 Å². The second-order valence-electron chi connectivity index (χ2n) is 5.64. The number of hydrogen-bond donors (Lipinski definition) is 3. The average Bonchev–Trinajstić information content (AvgIpc) is 2.54. The van der Waals surface area contributed by atoms with Gasteiger partial charge >= 0.3 is 11.8 Å². The minimum absolute atomic E-state index is 0.0184. The van der Waals surface area contributed by atoms with Crippen LogP contribution < -0.4 is 15.8 Å². The van der Waals surface area contributed by atoms with Gasteiger partial charge in [0.2, 0.25) is 10.0 Å². The molecule has 0 aliphatic carbocycles. The van der Waals surface area contributed by atoms with Crippen molar-refractivity contribution in [2.45, 2.75) is 25.3 Å². The van der Waals surface area contributed by atoms with E-state index in [1.807, 2.05) is 26.0 Å². The first-order valence-electron chi connectivity index (χ1n) is 7.45. The number of aryl methyl sites for hydroxylation is 2. The molecule has 0 heterocycles. The van der Waals surface area contributed by atoms with Crippen molar-refractivity contribution in [2.75, 3.05) is 5.32 Å². The molecule has 2 aromatic rings. The zero-order chi connectivity index (χ0) is 18.6. The molecule has 0 aliphatic heterocycles. The van der Waals surface area contributed by atoms with Gasteiger partial charge in [0, 0.05) is 12.2 Å². The van der Waals surface area contributed by atoms with Crippen molar-refractivity contribution >= 4 is 27.5 Å². The van der Waals surface area contributed by atoms with Crippen LogP contribution in [0.4, 0.5) is 5.69 Å². The molecular formula is C17H19N3O4S. The molecular weight excluding hydrogens is 342 g/mol. The lowest BCUT2D eigenvalue weighted by Crippen LogP contribution is -2.35. The summed E-state index contributed by atoms with van der Waals surface area (Å²) in [6.07, 6.45) is 0. The molecule has 2 amide bonds. The minimum Gasteiger partial charge on any atom is -0.344 e. The highest BCUT2D eigenvalue weighted by Gasteiger charge is 2.14. The largest absolute Gasteiger partial charge is 0.344 e. The molecule has 0 saturated heterocycles. The Balaban J connectivity index is 1.94. The molecule has 8 heteroatoms. The topological polar surface area (TPSA) is 118 Å². The van der Waals surface area contributed by atoms with Gasteiger partial charge in [0.05, 0.1) is 4.90 Å². The SMILES string of the molecule is Cc1ccc(NC(=O)C(=O)NCc2ccc(S(N)(=O)=O)cc2)c(C)c1. The van der Waals surface area contributed by atoms with Crippen LogP contribution in [0.3, 0.4) is 0 Å². The van der Waals surface area contributed by atoms with Crippen LogP contribution in [0, 0.1) is 13.8 Å². The fraction of sp³-hybridized carbons (Fsp3) is 0.176. The lowest BCUT2D eigenvalue weighted by molar-refractivity contribution is -0.136. The average molecular weight is 361 g/mol. The second-order valence-corrected chi connectivity index (χ2v) is 7.21. The van der Waals surface area contributed by atoms with Gasteiger partial charge in [-0.25, -0.2) is 13.6 Å². The molecule has 0 atom stereocenters. The Morgan fingerprint density at radius 3 is 2.20 bits per heavy atom. The highest BCUT2D eigenvalue weighted by molar-refractivity contribution is 7.89. The van der Waals surface area contributed by atoms with E-state index < -0.39 is 21.8 Å². The van der Waals surface area contributed by atoms with Gasteiger partial charge in [-0.1, -0.05) is 29.8 Å². The summed E-state index contributed by atoms with van der Waals surface area (Å²) in [5.41, 5.74) is 3.13. The quantitative estimate of drug-likeness (QED) is 0.709. The fourth-order valence-electron chi connectivity index (χ4n) is 2.19. The van der Waals surface area contributed by atoms with E-state index in [4.69, 9.17) is 5.14 Å². The molecule has 0 bridgehead atoms. The van der Waals surface area contributed by atoms with Gasteiger partial charge in [0.25, 0.3) is 0 Å². The van der Waals surface area contributed by atoms with Gasteiger partial charge < -0.3 is 10.6 Å². The Hall–Kier alpha value is -2.71. The zero-order valence-electron chi connectivity index (χ0n) is 13.9. The molecule has 4 N–H and O–H groups in total. The molecule has 2 rings (SSSR count). The van der Waals surface area contributed by atoms with Crippen molar-refractivity contribution in [1.82, 2.24) is 5.32 Å². The molecule has 2 aromatic carbocycles. The summed E-state index contributed by atoms with van der Waals surface area (Å²) in [6.45, 7) is 3.87. The molecule has 0 saturated carbocycles. The monoisotopic (exact) mass is 361 g/mol. The number of benzene rings is 2. The first kappa shape index (κ1) is 18.6. The predicted molar refractivity (Wildman–Crippen MR) is 94.2 cm³/mol. The van der Waals surface area contributed by atoms with E-state index in [1.54, 1.807) is 6.07 Å². The number of carbonyl (C=O) groups is 2. The Labute approximate surface area is 146 Å². The number of anilines is 1. The van der Waals surface area contributed by atoms with Crippen LogP contribution in [-0.4, -0.2) is 20.2 Å². The van der Waals surface area contributed by atoms with Crippen molar-refractivity contribution in [3.63, 3.8) is 0 Å². The number of primary sulfonamides is 1. The fourth-order valence-corrected chi connectivity index (χ4v) is 2.71. The molecule has 0 fully saturated rings. The number of rotatable bonds is 4. The van der Waals surface area contributed by atoms with Crippen LogP contribution in [-0.2, 0) is 26.2 Å². The van der Waals surface area contributed by atoms with Crippen molar-refractivity contribution in [2.24, 2.45) is 5.14 Å². The van der Waals surface area contributed by atoms with Gasteiger partial charge in [-0.15, -0.1) is 0 Å². The summed E-state index contributed by atoms with van der Waals surface area (Å²) < 4.78 is 22.4. The van der Waals surface area contributed by atoms with Gasteiger partial charge in [0.15, 0.2) is 0 Å². The summed E-state index contributed by atoms with van der Waals surface area (Å²) in [5, 5.41) is 10.0. The maximum absolute atomic E-state index is 11.9. The van der Waals surface area contributed by atoms with E-state index in [1.165, 1.54) is 24.3 Å². The summed E-state index contributed by atoms with van der Waals surface area (Å²) in [4.78, 5) is 23.8. The van der Waals surface area contributed by atoms with Gasteiger partial charge in [-0.05, 0) is 43.2 Å². The number of nitrogens with one attached hydrogen (secondary N) is 2. The number of nitrogens with two attached hydrogens (primary N) is 1. The van der Waals surface area contributed by atoms with E-state index in [0.29, 0.717) is 11.3 Å². The predicted octanol–water partition coefficient (Wildman–Crippen LogP) is 1.21. The van der Waals surface area contributed by atoms with Gasteiger partial charge in [0.1, 0.15) is 0 Å². The van der Waals surface area contributed by atoms with Crippen LogP contribution in [0.1, 0.15) is 16.7 Å². The zero-order valence-corrected chi connectivity index (χ0v) is 14.7. The number of hydrogen-bond acceptors (Lipinski definition) is 4. The van der Waals surface area contributed by atoms with E-state index in [2.05, 4.69) is 10.6 Å². The van der Waals surface area contributed by atoms with Gasteiger partial charge in [-0.3, -0.25) is 9.59 Å². The molecule has 0 unspecified atom stereocenters. The Kier molecular flexibility index (Phi) is 5.55. The highest BCUT2D eigenvalue weighted by Crippen LogP contribution is 2.15. The van der Waals surface area contributed by atoms with Crippen LogP contribution in [0.2, 0.25) is 0 Å². The van der Waals surface area contributed by atoms with Crippen molar-refractivity contribution in [3.05, 3.63) is 59.2 Å². The molecule has 7 nitrogen and oxygen atoms in total. The third-order valence-corrected chi connectivity index (χ3v) is 4.47. The second kappa shape index (κ2) is 7.45. The minimum atomic E-state index is -3.76. The van der Waals surface area contributed by atoms with Crippen LogP contribution in [0.25, 0.3) is 0 Å². The van der Waals surface area contributed by atoms with E-state index in [0.717, 1.165) is 11.1 Å². The van der Waals surface area contributed by atoms with Crippen LogP contribution >= 0.6 is 0 Å². The van der Waals surface area contributed by atoms with Crippen molar-refractivity contribution in [3.8, 4) is 0 Å². The summed E-state index contributed by atoms with van der Waals surface area (Å²) in [7, 11) is -3.76. The summed E-state index contributed by atoms with van der Waals surface area (Å²) >= 11 is 0. The highest BCUT2D eigenvalue weighted by atomic mass is 32.2. The normalized spacial score (nSPS) is 11.0. The maximum atomic E-state index is 11.9. The third kappa shape index (κ3) is 5.13. The van der Waals surface area contributed by atoms with Crippen LogP contribution in [0.5, 0.6) is 0 Å². The lowest BCUT2D eigenvalue weighted by Gasteiger charge is -2.09. The molecule has 0 aromatic heterocycles. The summed E-state index contributed by atoms with van der Waals surface area (Å²) in [5.74, 6) is -1.55. The Morgan fingerprint density at radius 2 is 1.64 bits per heavy atom. The number of sulfonamides is 1. The van der Waals surface area contributed by atoms with Crippen molar-refractivity contribution in [1.29, 1.82) is 0 Å². The molecule has 0 aliphatic rings. The smallest absolute Gasteiger partial charge is 0.313 e. The first-order chi connectivity index (χ1) is 11.7. The Morgan fingerprint density at radius 1 is 1.00 bits per heavy atom. The third-order valence-electron chi connectivity index (χ3n) is 3.54. The molecule has 0 radical (unpaired) electrons. The van der Waals surface area contributed by atoms with E-state index in [9.17, 15) is 18.0 Å². The Bertz CT molecular complexity index is 906.